The van der Waals surface area contributed by atoms with E-state index in [1.54, 1.807) is 48.7 Å². The van der Waals surface area contributed by atoms with E-state index in [1.165, 1.54) is 4.90 Å². The van der Waals surface area contributed by atoms with Crippen LogP contribution in [0.15, 0.2) is 60.8 Å². The zero-order valence-corrected chi connectivity index (χ0v) is 18.8. The van der Waals surface area contributed by atoms with Crippen molar-refractivity contribution in [1.29, 1.82) is 5.26 Å². The first-order valence-corrected chi connectivity index (χ1v) is 10.7. The molecule has 0 aliphatic carbocycles. The van der Waals surface area contributed by atoms with Crippen LogP contribution in [-0.4, -0.2) is 77.7 Å². The molecule has 1 aliphatic rings. The summed E-state index contributed by atoms with van der Waals surface area (Å²) < 4.78 is 5.33. The van der Waals surface area contributed by atoms with Crippen LogP contribution >= 0.6 is 0 Å². The number of ether oxygens (including phenoxy) is 1. The summed E-state index contributed by atoms with van der Waals surface area (Å²) >= 11 is 0. The van der Waals surface area contributed by atoms with Crippen molar-refractivity contribution in [2.75, 3.05) is 30.0 Å². The number of anilines is 3. The Balaban J connectivity index is 1.48. The van der Waals surface area contributed by atoms with Gasteiger partial charge in [0, 0.05) is 28.7 Å². The Hall–Kier alpha value is -3.70. The van der Waals surface area contributed by atoms with Crippen molar-refractivity contribution < 1.29 is 9.53 Å². The van der Waals surface area contributed by atoms with Crippen LogP contribution in [0.3, 0.4) is 0 Å². The molecular weight excluding hydrogens is 436 g/mol. The fourth-order valence-electron chi connectivity index (χ4n) is 3.79. The monoisotopic (exact) mass is 454 g/mol. The van der Waals surface area contributed by atoms with Crippen LogP contribution in [0.5, 0.6) is 0 Å². The number of amides is 1. The first kappa shape index (κ1) is 24.4. The molecule has 2 aromatic carbocycles. The number of rotatable bonds is 6. The number of nitrogens with zero attached hydrogens (tertiary/aromatic N) is 4. The van der Waals surface area contributed by atoms with Crippen molar-refractivity contribution in [2.24, 2.45) is 0 Å². The average Bonchev–Trinajstić information content (AvgIpc) is 2.83. The van der Waals surface area contributed by atoms with E-state index in [0.29, 0.717) is 22.9 Å². The Bertz CT molecular complexity index is 1230. The molecular formula is C23H18B4N6O2. The molecule has 0 spiro atoms. The molecule has 0 atom stereocenters. The van der Waals surface area contributed by atoms with E-state index in [0.717, 1.165) is 11.3 Å². The predicted octanol–water partition coefficient (Wildman–Crippen LogP) is 0.959. The number of hydrogen-bond acceptors (Lipinski definition) is 7. The van der Waals surface area contributed by atoms with Gasteiger partial charge in [-0.2, -0.15) is 5.26 Å². The molecule has 1 amide bonds. The molecule has 1 fully saturated rings. The normalized spacial score (nSPS) is 16.1. The summed E-state index contributed by atoms with van der Waals surface area (Å²) in [6.07, 6.45) is 1.63. The average molecular weight is 454 g/mol. The Morgan fingerprint density at radius 2 is 1.69 bits per heavy atom. The molecule has 4 rings (SSSR count). The van der Waals surface area contributed by atoms with Crippen molar-refractivity contribution in [3.8, 4) is 17.3 Å². The molecule has 8 radical (unpaired) electrons. The van der Waals surface area contributed by atoms with Gasteiger partial charge in [0.15, 0.2) is 0 Å². The van der Waals surface area contributed by atoms with Crippen LogP contribution < -0.4 is 15.5 Å². The maximum Gasteiger partial charge on any atom is 0.252 e. The predicted molar refractivity (Wildman–Crippen MR) is 137 cm³/mol. The summed E-state index contributed by atoms with van der Waals surface area (Å²) in [5, 5.41) is 11.5. The summed E-state index contributed by atoms with van der Waals surface area (Å²) in [6, 6.07) is 17.7. The van der Waals surface area contributed by atoms with Gasteiger partial charge in [0.1, 0.15) is 6.54 Å². The van der Waals surface area contributed by atoms with Gasteiger partial charge in [0.05, 0.1) is 56.4 Å². The van der Waals surface area contributed by atoms with E-state index in [1.807, 2.05) is 18.2 Å². The molecule has 0 saturated carbocycles. The molecule has 0 bridgehead atoms. The Kier molecular flexibility index (Phi) is 6.90. The fraction of sp³-hybridized carbons (Fsp3) is 0.217. The highest BCUT2D eigenvalue weighted by atomic mass is 16.5. The van der Waals surface area contributed by atoms with E-state index < -0.39 is 10.7 Å². The van der Waals surface area contributed by atoms with Gasteiger partial charge in [-0.25, -0.2) is 9.97 Å². The number of aromatic nitrogens is 2. The van der Waals surface area contributed by atoms with Gasteiger partial charge in [-0.1, -0.05) is 12.1 Å². The number of nitrogens with one attached hydrogen (secondary N) is 2. The first-order valence-electron chi connectivity index (χ1n) is 10.7. The maximum atomic E-state index is 12.0. The van der Waals surface area contributed by atoms with Crippen molar-refractivity contribution in [3.05, 3.63) is 66.4 Å². The molecule has 3 aromatic rings. The van der Waals surface area contributed by atoms with Crippen LogP contribution in [0.25, 0.3) is 11.3 Å². The van der Waals surface area contributed by atoms with Gasteiger partial charge >= 0.3 is 0 Å². The third-order valence-corrected chi connectivity index (χ3v) is 5.31. The van der Waals surface area contributed by atoms with Gasteiger partial charge in [0.25, 0.3) is 5.91 Å². The SMILES string of the molecule is [B]C1([B])COCC([B])([B])N1c1ccc(Nc2nccc(-c3ccc(C(=O)NCC#N)cc3)n2)cc1. The van der Waals surface area contributed by atoms with Gasteiger partial charge in [0.2, 0.25) is 5.95 Å². The van der Waals surface area contributed by atoms with Crippen molar-refractivity contribution in [3.63, 3.8) is 0 Å². The van der Waals surface area contributed by atoms with Crippen molar-refractivity contribution in [2.45, 2.75) is 10.7 Å². The molecule has 0 unspecified atom stereocenters. The molecule has 1 aromatic heterocycles. The van der Waals surface area contributed by atoms with E-state index >= 15 is 0 Å². The lowest BCUT2D eigenvalue weighted by atomic mass is 9.51. The van der Waals surface area contributed by atoms with Crippen LogP contribution in [0.2, 0.25) is 0 Å². The molecule has 164 valence electrons. The lowest BCUT2D eigenvalue weighted by Crippen LogP contribution is -2.70. The number of carbonyl (C=O) groups excluding carboxylic acids is 1. The number of nitriles is 1. The largest absolute Gasteiger partial charge is 0.390 e. The number of carbonyl (C=O) groups is 1. The molecule has 8 nitrogen and oxygen atoms in total. The lowest BCUT2D eigenvalue weighted by molar-refractivity contribution is 0.0834. The van der Waals surface area contributed by atoms with Crippen molar-refractivity contribution >= 4 is 54.6 Å². The third kappa shape index (κ3) is 5.52. The standard InChI is InChI=1S/C23H18B4N6O2/c24-22(25)13-35-14-23(26,27)33(22)18-7-5-17(6-8-18)31-21-30-11-9-19(32-21)15-1-3-16(4-2-15)20(34)29-12-10-28/h1-9,11H,12-14H2,(H,29,34)(H,30,31,32). The van der Waals surface area contributed by atoms with Gasteiger partial charge < -0.3 is 20.3 Å². The van der Waals surface area contributed by atoms with Gasteiger partial charge in [-0.05, 0) is 53.1 Å². The fourth-order valence-corrected chi connectivity index (χ4v) is 3.79. The quantitative estimate of drug-likeness (QED) is 0.423. The highest BCUT2D eigenvalue weighted by Crippen LogP contribution is 2.32. The van der Waals surface area contributed by atoms with E-state index in [2.05, 4.69) is 20.6 Å². The lowest BCUT2D eigenvalue weighted by Gasteiger charge is -2.56. The highest BCUT2D eigenvalue weighted by molar-refractivity contribution is 6.47. The number of benzene rings is 2. The number of hydrogen-bond donors (Lipinski definition) is 2. The van der Waals surface area contributed by atoms with Crippen LogP contribution in [0.1, 0.15) is 10.4 Å². The second-order valence-electron chi connectivity index (χ2n) is 8.17. The summed E-state index contributed by atoms with van der Waals surface area (Å²) in [7, 11) is 24.6. The van der Waals surface area contributed by atoms with Crippen LogP contribution in [-0.2, 0) is 4.74 Å². The zero-order valence-electron chi connectivity index (χ0n) is 18.8. The first-order chi connectivity index (χ1) is 16.7. The minimum absolute atomic E-state index is 0.0480. The second kappa shape index (κ2) is 9.88. The minimum atomic E-state index is -1.36. The summed E-state index contributed by atoms with van der Waals surface area (Å²) in [6.45, 7) is 0.109. The Labute approximate surface area is 209 Å². The summed E-state index contributed by atoms with van der Waals surface area (Å²) in [4.78, 5) is 22.3. The molecule has 1 saturated heterocycles. The minimum Gasteiger partial charge on any atom is -0.390 e. The van der Waals surface area contributed by atoms with Crippen molar-refractivity contribution in [1.82, 2.24) is 15.3 Å². The molecule has 1 aliphatic heterocycles. The smallest absolute Gasteiger partial charge is 0.252 e. The topological polar surface area (TPSA) is 103 Å². The maximum absolute atomic E-state index is 12.0. The second-order valence-corrected chi connectivity index (χ2v) is 8.17. The molecule has 2 heterocycles. The molecule has 35 heavy (non-hydrogen) atoms. The van der Waals surface area contributed by atoms with Crippen LogP contribution in [0, 0.1) is 11.3 Å². The van der Waals surface area contributed by atoms with E-state index in [4.69, 9.17) is 41.4 Å². The molecule has 12 heteroatoms. The van der Waals surface area contributed by atoms with E-state index in [-0.39, 0.29) is 25.7 Å². The Morgan fingerprint density at radius 3 is 2.31 bits per heavy atom. The zero-order chi connectivity index (χ0) is 25.1. The van der Waals surface area contributed by atoms with Gasteiger partial charge in [-0.15, -0.1) is 0 Å². The summed E-state index contributed by atoms with van der Waals surface area (Å²) in [5.74, 6) is 0.0724. The van der Waals surface area contributed by atoms with E-state index in [9.17, 15) is 4.79 Å². The number of morpholine rings is 1. The molecule has 2 N–H and O–H groups in total. The van der Waals surface area contributed by atoms with Crippen LogP contribution in [0.4, 0.5) is 17.3 Å². The highest BCUT2D eigenvalue weighted by Gasteiger charge is 2.40. The third-order valence-electron chi connectivity index (χ3n) is 5.31. The summed E-state index contributed by atoms with van der Waals surface area (Å²) in [5.41, 5.74) is 3.29. The van der Waals surface area contributed by atoms with Gasteiger partial charge in [-0.3, -0.25) is 4.79 Å². The Morgan fingerprint density at radius 1 is 1.03 bits per heavy atom.